The molecule has 0 aliphatic heterocycles. The summed E-state index contributed by atoms with van der Waals surface area (Å²) in [5, 5.41) is 0. The van der Waals surface area contributed by atoms with Crippen LogP contribution in [0.5, 0.6) is 0 Å². The van der Waals surface area contributed by atoms with E-state index in [0.717, 1.165) is 0 Å². The molecule has 3 aromatic carbocycles. The maximum Gasteiger partial charge on any atom is 3.00 e. The largest absolute Gasteiger partial charge is 3.00 e. The van der Waals surface area contributed by atoms with Gasteiger partial charge in [-0.1, -0.05) is 73.1 Å². The van der Waals surface area contributed by atoms with Gasteiger partial charge in [0.15, 0.2) is 0 Å². The minimum Gasteiger partial charge on any atom is -0.245 e. The number of aromatic nitrogens is 4. The van der Waals surface area contributed by atoms with Gasteiger partial charge in [-0.05, 0) is 17.5 Å². The molecule has 0 bridgehead atoms. The molecule has 0 aliphatic rings. The van der Waals surface area contributed by atoms with E-state index in [1.807, 2.05) is 0 Å². The van der Waals surface area contributed by atoms with Crippen molar-refractivity contribution in [2.45, 2.75) is 78.6 Å². The molecule has 0 saturated carbocycles. The molecule has 0 saturated heterocycles. The first kappa shape index (κ1) is 37.6. The maximum atomic E-state index is 3.67. The monoisotopic (exact) mass is 663 g/mol. The first-order valence-corrected chi connectivity index (χ1v) is 13.4. The Kier molecular flexibility index (Phi) is 18.4. The van der Waals surface area contributed by atoms with Crippen LogP contribution in [0.25, 0.3) is 0 Å². The fourth-order valence-electron chi connectivity index (χ4n) is 3.13. The molecule has 0 amide bonds. The zero-order valence-corrected chi connectivity index (χ0v) is 29.0. The Morgan fingerprint density at radius 1 is 0.525 bits per heavy atom. The summed E-state index contributed by atoms with van der Waals surface area (Å²) >= 11 is 0. The second kappa shape index (κ2) is 19.6. The number of rotatable bonds is 0. The first-order chi connectivity index (χ1) is 18.3. The van der Waals surface area contributed by atoms with E-state index < -0.39 is 0 Å². The van der Waals surface area contributed by atoms with E-state index >= 15 is 0 Å². The van der Waals surface area contributed by atoms with Crippen molar-refractivity contribution >= 4 is 0 Å². The summed E-state index contributed by atoms with van der Waals surface area (Å²) in [6.45, 7) is 20.0. The van der Waals surface area contributed by atoms with Crippen molar-refractivity contribution in [2.75, 3.05) is 0 Å². The quantitative estimate of drug-likeness (QED) is 0.155. The number of hydrogen-bond acceptors (Lipinski definition) is 4. The minimum atomic E-state index is 0. The van der Waals surface area contributed by atoms with Gasteiger partial charge in [-0.15, -0.1) is 0 Å². The third-order valence-corrected chi connectivity index (χ3v) is 5.54. The van der Waals surface area contributed by atoms with Crippen molar-refractivity contribution in [3.05, 3.63) is 139 Å². The molecule has 2 heterocycles. The average molecular weight is 664 g/mol. The summed E-state index contributed by atoms with van der Waals surface area (Å²) in [7, 11) is 0. The van der Waals surface area contributed by atoms with Crippen LogP contribution in [0.4, 0.5) is 0 Å². The van der Waals surface area contributed by atoms with Crippen molar-refractivity contribution in [1.29, 1.82) is 0 Å². The molecule has 5 rings (SSSR count). The van der Waals surface area contributed by atoms with E-state index in [4.69, 9.17) is 0 Å². The molecule has 4 nitrogen and oxygen atoms in total. The summed E-state index contributed by atoms with van der Waals surface area (Å²) in [5.41, 5.74) is 5.23. The van der Waals surface area contributed by atoms with Crippen molar-refractivity contribution < 1.29 is 41.7 Å². The molecule has 2 aromatic heterocycles. The molecule has 5 heteroatoms. The summed E-state index contributed by atoms with van der Waals surface area (Å²) < 4.78 is 0. The summed E-state index contributed by atoms with van der Waals surface area (Å²) in [4.78, 5) is 14.7. The van der Waals surface area contributed by atoms with Gasteiger partial charge in [0.1, 0.15) is 12.7 Å². The van der Waals surface area contributed by atoms with Crippen LogP contribution < -0.4 is 0 Å². The van der Waals surface area contributed by atoms with Crippen molar-refractivity contribution in [2.24, 2.45) is 0 Å². The zero-order valence-electron chi connectivity index (χ0n) is 25.8. The molecule has 5 aromatic rings. The Morgan fingerprint density at radius 2 is 0.875 bits per heavy atom. The van der Waals surface area contributed by atoms with Gasteiger partial charge < -0.3 is 0 Å². The third kappa shape index (κ3) is 18.0. The molecule has 0 spiro atoms. The van der Waals surface area contributed by atoms with Crippen LogP contribution in [-0.4, -0.2) is 19.9 Å². The van der Waals surface area contributed by atoms with Crippen LogP contribution in [0, 0.1) is 41.7 Å². The minimum absolute atomic E-state index is 0. The predicted octanol–water partition coefficient (Wildman–Crippen LogP) is 9.06. The molecule has 0 atom stereocenters. The van der Waals surface area contributed by atoms with E-state index in [1.54, 1.807) is 36.9 Å². The van der Waals surface area contributed by atoms with Crippen LogP contribution in [0.15, 0.2) is 122 Å². The Balaban J connectivity index is 0.000000477. The molecule has 1 radical (unpaired) electrons. The van der Waals surface area contributed by atoms with Crippen molar-refractivity contribution in [3.63, 3.8) is 0 Å². The van der Waals surface area contributed by atoms with Gasteiger partial charge in [-0.25, -0.2) is 56.3 Å². The van der Waals surface area contributed by atoms with Crippen LogP contribution in [-0.2, 0) is 16.2 Å². The third-order valence-electron chi connectivity index (χ3n) is 5.54. The number of hydrogen-bond donors (Lipinski definition) is 0. The summed E-state index contributed by atoms with van der Waals surface area (Å²) in [6.07, 6.45) is 9.75. The van der Waals surface area contributed by atoms with E-state index in [2.05, 4.69) is 155 Å². The van der Waals surface area contributed by atoms with Gasteiger partial charge in [0.25, 0.3) is 0 Å². The summed E-state index contributed by atoms with van der Waals surface area (Å²) in [5.74, 6) is 0. The van der Waals surface area contributed by atoms with Crippen molar-refractivity contribution in [3.8, 4) is 0 Å². The molecule has 0 aliphatic carbocycles. The standard InChI is InChI=1S/3C9H13.2C4H4N2.Ce/c3*1-9(2,3)8-6-4-5-7-8;2*1-2-5-4-6-3-1;/h3*4-7H,1-3H3;2*1-4H;/q3*-1;;;+3. The van der Waals surface area contributed by atoms with Crippen LogP contribution >= 0.6 is 0 Å². The molecule has 40 heavy (non-hydrogen) atoms. The van der Waals surface area contributed by atoms with E-state index in [0.29, 0.717) is 16.2 Å². The Morgan fingerprint density at radius 3 is 1.00 bits per heavy atom. The first-order valence-electron chi connectivity index (χ1n) is 13.4. The fraction of sp³-hybridized carbons (Fsp3) is 0.343. The van der Waals surface area contributed by atoms with Gasteiger partial charge in [0.2, 0.25) is 0 Å². The fourth-order valence-corrected chi connectivity index (χ4v) is 3.13. The van der Waals surface area contributed by atoms with Crippen LogP contribution in [0.2, 0.25) is 0 Å². The maximum absolute atomic E-state index is 3.67. The van der Waals surface area contributed by atoms with E-state index in [-0.39, 0.29) is 41.7 Å². The predicted molar refractivity (Wildman–Crippen MR) is 166 cm³/mol. The SMILES string of the molecule is CC(C)(C)[c-]1cccc1.CC(C)(C)[c-]1cccc1.CC(C)(C)c1ccc[cH-]1.[Ce+3].c1cncnc1.c1cncnc1. The van der Waals surface area contributed by atoms with E-state index in [9.17, 15) is 0 Å². The zero-order chi connectivity index (χ0) is 29.2. The molecule has 0 N–H and O–H groups in total. The molecule has 211 valence electrons. The molecule has 0 fully saturated rings. The molecular formula is C35H47CeN4. The van der Waals surface area contributed by atoms with Crippen molar-refractivity contribution in [1.82, 2.24) is 19.9 Å². The van der Waals surface area contributed by atoms with Gasteiger partial charge >= 0.3 is 41.7 Å². The number of nitrogens with zero attached hydrogens (tertiary/aromatic N) is 4. The van der Waals surface area contributed by atoms with Gasteiger partial charge in [-0.2, -0.15) is 53.1 Å². The topological polar surface area (TPSA) is 51.6 Å². The van der Waals surface area contributed by atoms with Gasteiger partial charge in [0.05, 0.1) is 0 Å². The molecule has 0 unspecified atom stereocenters. The normalized spacial score (nSPS) is 10.4. The van der Waals surface area contributed by atoms with Crippen LogP contribution in [0.1, 0.15) is 79.0 Å². The average Bonchev–Trinajstić information content (AvgIpc) is 3.70. The van der Waals surface area contributed by atoms with Gasteiger partial charge in [0, 0.05) is 24.8 Å². The Bertz CT molecular complexity index is 971. The Hall–Kier alpha value is -2.41. The Labute approximate surface area is 277 Å². The van der Waals surface area contributed by atoms with E-state index in [1.165, 1.54) is 29.3 Å². The molecular weight excluding hydrogens is 617 g/mol. The van der Waals surface area contributed by atoms with Gasteiger partial charge in [-0.3, -0.25) is 0 Å². The van der Waals surface area contributed by atoms with Crippen LogP contribution in [0.3, 0.4) is 0 Å². The summed E-state index contributed by atoms with van der Waals surface area (Å²) in [6, 6.07) is 29.1. The second-order valence-electron chi connectivity index (χ2n) is 12.1. The second-order valence-corrected chi connectivity index (χ2v) is 12.1. The smallest absolute Gasteiger partial charge is 0.245 e.